The molecule has 2 amide bonds. The summed E-state index contributed by atoms with van der Waals surface area (Å²) in [6, 6.07) is 15.9. The summed E-state index contributed by atoms with van der Waals surface area (Å²) in [5.74, 6) is 0.217. The van der Waals surface area contributed by atoms with Crippen LogP contribution in [0.4, 0.5) is 0 Å². The van der Waals surface area contributed by atoms with Crippen LogP contribution in [0.1, 0.15) is 0 Å². The molecule has 0 saturated carbocycles. The third-order valence-corrected chi connectivity index (χ3v) is 3.60. The van der Waals surface area contributed by atoms with Gasteiger partial charge < -0.3 is 9.47 Å². The van der Waals surface area contributed by atoms with Crippen LogP contribution in [0.25, 0.3) is 0 Å². The van der Waals surface area contributed by atoms with Gasteiger partial charge in [-0.1, -0.05) is 34.1 Å². The van der Waals surface area contributed by atoms with Crippen molar-refractivity contribution >= 4 is 45.1 Å². The highest BCUT2D eigenvalue weighted by Gasteiger charge is 2.07. The van der Waals surface area contributed by atoms with Gasteiger partial charge in [-0.25, -0.2) is 0 Å². The number of amides is 2. The summed E-state index contributed by atoms with van der Waals surface area (Å²) in [4.78, 5) is 23.4. The first kappa shape index (κ1) is 19.7. The maximum Gasteiger partial charge on any atom is 0.276 e. The summed E-state index contributed by atoms with van der Waals surface area (Å²) in [5.41, 5.74) is 4.74. The molecule has 0 aliphatic carbocycles. The molecule has 2 aromatic rings. The van der Waals surface area contributed by atoms with Crippen molar-refractivity contribution in [1.29, 1.82) is 0 Å². The summed E-state index contributed by atoms with van der Waals surface area (Å²) >= 11 is 8.22. The highest BCUT2D eigenvalue weighted by molar-refractivity contribution is 9.10. The molecule has 0 aliphatic rings. The number of nitrogens with one attached hydrogen (secondary N) is 3. The predicted octanol–water partition coefficient (Wildman–Crippen LogP) is 1.93. The maximum absolute atomic E-state index is 11.7. The van der Waals surface area contributed by atoms with Crippen molar-refractivity contribution in [3.63, 3.8) is 0 Å². The van der Waals surface area contributed by atoms with Gasteiger partial charge in [0.25, 0.3) is 11.8 Å². The lowest BCUT2D eigenvalue weighted by atomic mass is 10.3. The summed E-state index contributed by atoms with van der Waals surface area (Å²) in [7, 11) is 0. The summed E-state index contributed by atoms with van der Waals surface area (Å²) < 4.78 is 11.5. The number of carbonyl (C=O) groups is 2. The van der Waals surface area contributed by atoms with Crippen molar-refractivity contribution in [1.82, 2.24) is 16.2 Å². The summed E-state index contributed by atoms with van der Waals surface area (Å²) in [6.45, 7) is -0.408. The Kier molecular flexibility index (Phi) is 7.84. The zero-order valence-electron chi connectivity index (χ0n) is 13.5. The van der Waals surface area contributed by atoms with E-state index in [0.29, 0.717) is 11.5 Å². The third kappa shape index (κ3) is 7.49. The Morgan fingerprint density at radius 1 is 0.846 bits per heavy atom. The van der Waals surface area contributed by atoms with Crippen LogP contribution in [0.3, 0.4) is 0 Å². The molecule has 0 bridgehead atoms. The highest BCUT2D eigenvalue weighted by Crippen LogP contribution is 2.15. The number of thiocarbonyl (C=S) groups is 1. The standard InChI is InChI=1S/C17H16BrN3O4S/c18-12-6-8-14(9-7-12)25-11-16(23)20-21-17(26)19-15(22)10-24-13-4-2-1-3-5-13/h1-9H,10-11H2,(H,20,23)(H2,19,21,22,26). The van der Waals surface area contributed by atoms with Crippen molar-refractivity contribution in [3.05, 3.63) is 59.1 Å². The van der Waals surface area contributed by atoms with Gasteiger partial charge in [-0.3, -0.25) is 25.8 Å². The van der Waals surface area contributed by atoms with E-state index >= 15 is 0 Å². The molecule has 2 rings (SSSR count). The molecule has 7 nitrogen and oxygen atoms in total. The lowest BCUT2D eigenvalue weighted by Crippen LogP contribution is -2.50. The number of rotatable bonds is 6. The minimum atomic E-state index is -0.454. The second-order valence-corrected chi connectivity index (χ2v) is 6.22. The molecule has 0 aromatic heterocycles. The van der Waals surface area contributed by atoms with Crippen LogP contribution in [0.5, 0.6) is 11.5 Å². The van der Waals surface area contributed by atoms with E-state index in [1.807, 2.05) is 6.07 Å². The largest absolute Gasteiger partial charge is 0.484 e. The van der Waals surface area contributed by atoms with Crippen molar-refractivity contribution in [3.8, 4) is 11.5 Å². The zero-order valence-corrected chi connectivity index (χ0v) is 15.9. The van der Waals surface area contributed by atoms with Crippen LogP contribution in [0, 0.1) is 0 Å². The van der Waals surface area contributed by atoms with E-state index in [2.05, 4.69) is 32.1 Å². The van der Waals surface area contributed by atoms with Crippen molar-refractivity contribution in [2.75, 3.05) is 13.2 Å². The van der Waals surface area contributed by atoms with E-state index in [4.69, 9.17) is 21.7 Å². The van der Waals surface area contributed by atoms with Crippen molar-refractivity contribution in [2.45, 2.75) is 0 Å². The Balaban J connectivity index is 1.62. The monoisotopic (exact) mass is 437 g/mol. The Morgan fingerprint density at radius 2 is 1.42 bits per heavy atom. The average molecular weight is 438 g/mol. The molecular formula is C17H16BrN3O4S. The molecule has 3 N–H and O–H groups in total. The van der Waals surface area contributed by atoms with Gasteiger partial charge in [-0.2, -0.15) is 0 Å². The Labute approximate surface area is 164 Å². The molecule has 26 heavy (non-hydrogen) atoms. The van der Waals surface area contributed by atoms with E-state index < -0.39 is 11.8 Å². The number of ether oxygens (including phenoxy) is 2. The van der Waals surface area contributed by atoms with Gasteiger partial charge in [-0.15, -0.1) is 0 Å². The minimum absolute atomic E-state index is 0.0522. The molecule has 0 saturated heterocycles. The van der Waals surface area contributed by atoms with Gasteiger partial charge in [0.1, 0.15) is 11.5 Å². The molecule has 0 radical (unpaired) electrons. The molecule has 0 atom stereocenters. The second kappa shape index (κ2) is 10.4. The topological polar surface area (TPSA) is 88.7 Å². The molecule has 0 fully saturated rings. The number of hydrazine groups is 1. The lowest BCUT2D eigenvalue weighted by Gasteiger charge is -2.12. The van der Waals surface area contributed by atoms with Crippen LogP contribution in [-0.4, -0.2) is 30.1 Å². The number of para-hydroxylation sites is 1. The molecule has 2 aromatic carbocycles. The van der Waals surface area contributed by atoms with E-state index in [1.54, 1.807) is 48.5 Å². The quantitative estimate of drug-likeness (QED) is 0.472. The van der Waals surface area contributed by atoms with Gasteiger partial charge in [0.2, 0.25) is 0 Å². The Bertz CT molecular complexity index is 756. The van der Waals surface area contributed by atoms with E-state index in [9.17, 15) is 9.59 Å². The number of carbonyl (C=O) groups excluding carboxylic acids is 2. The first-order chi connectivity index (χ1) is 12.5. The summed E-state index contributed by atoms with van der Waals surface area (Å²) in [6.07, 6.45) is 0. The minimum Gasteiger partial charge on any atom is -0.484 e. The number of halogens is 1. The zero-order chi connectivity index (χ0) is 18.8. The fourth-order valence-electron chi connectivity index (χ4n) is 1.70. The molecule has 0 aliphatic heterocycles. The van der Waals surface area contributed by atoms with Crippen LogP contribution >= 0.6 is 28.1 Å². The van der Waals surface area contributed by atoms with Crippen LogP contribution in [0.15, 0.2) is 59.1 Å². The Morgan fingerprint density at radius 3 is 2.08 bits per heavy atom. The molecular weight excluding hydrogens is 422 g/mol. The Hall–Kier alpha value is -2.65. The van der Waals surface area contributed by atoms with Crippen LogP contribution < -0.4 is 25.6 Å². The van der Waals surface area contributed by atoms with Gasteiger partial charge in [0, 0.05) is 4.47 Å². The van der Waals surface area contributed by atoms with E-state index in [1.165, 1.54) is 0 Å². The fraction of sp³-hybridized carbons (Fsp3) is 0.118. The molecule has 0 unspecified atom stereocenters. The maximum atomic E-state index is 11.7. The normalized spacial score (nSPS) is 9.73. The van der Waals surface area contributed by atoms with Crippen LogP contribution in [-0.2, 0) is 9.59 Å². The average Bonchev–Trinajstić information content (AvgIpc) is 2.65. The molecule has 0 spiro atoms. The summed E-state index contributed by atoms with van der Waals surface area (Å²) in [5, 5.41) is 2.33. The number of benzene rings is 2. The lowest BCUT2D eigenvalue weighted by molar-refractivity contribution is -0.124. The SMILES string of the molecule is O=C(COc1ccc(Br)cc1)NNC(=S)NC(=O)COc1ccccc1. The first-order valence-corrected chi connectivity index (χ1v) is 8.68. The van der Waals surface area contributed by atoms with Crippen molar-refractivity contribution < 1.29 is 19.1 Å². The first-order valence-electron chi connectivity index (χ1n) is 7.48. The molecule has 136 valence electrons. The van der Waals surface area contributed by atoms with E-state index in [0.717, 1.165) is 4.47 Å². The smallest absolute Gasteiger partial charge is 0.276 e. The third-order valence-electron chi connectivity index (χ3n) is 2.87. The van der Waals surface area contributed by atoms with Crippen molar-refractivity contribution in [2.24, 2.45) is 0 Å². The molecule has 9 heteroatoms. The van der Waals surface area contributed by atoms with Crippen LogP contribution in [0.2, 0.25) is 0 Å². The van der Waals surface area contributed by atoms with Gasteiger partial charge in [0.05, 0.1) is 0 Å². The predicted molar refractivity (Wildman–Crippen MR) is 104 cm³/mol. The fourth-order valence-corrected chi connectivity index (χ4v) is 2.13. The highest BCUT2D eigenvalue weighted by atomic mass is 79.9. The number of hydrogen-bond donors (Lipinski definition) is 3. The van der Waals surface area contributed by atoms with Gasteiger partial charge >= 0.3 is 0 Å². The number of hydrogen-bond acceptors (Lipinski definition) is 5. The van der Waals surface area contributed by atoms with Gasteiger partial charge in [-0.05, 0) is 48.6 Å². The second-order valence-electron chi connectivity index (χ2n) is 4.89. The van der Waals surface area contributed by atoms with E-state index in [-0.39, 0.29) is 18.3 Å². The molecule has 0 heterocycles. The van der Waals surface area contributed by atoms with Gasteiger partial charge in [0.15, 0.2) is 18.3 Å².